The monoisotopic (exact) mass is 408 g/mol. The molecule has 158 valence electrons. The molecule has 1 fully saturated rings. The van der Waals surface area contributed by atoms with Crippen LogP contribution in [0.4, 0.5) is 41.6 Å². The summed E-state index contributed by atoms with van der Waals surface area (Å²) in [6.07, 6.45) is -4.49. The lowest BCUT2D eigenvalue weighted by atomic mass is 9.90. The number of piperidine rings is 1. The van der Waals surface area contributed by atoms with Crippen LogP contribution in [0.15, 0.2) is 42.5 Å². The number of methoxy groups -OCH3 is 1. The minimum atomic E-state index is -4.35. The summed E-state index contributed by atoms with van der Waals surface area (Å²) >= 11 is 0. The number of rotatable bonds is 6. The van der Waals surface area contributed by atoms with Crippen molar-refractivity contribution in [1.82, 2.24) is 0 Å². The van der Waals surface area contributed by atoms with E-state index in [-0.39, 0.29) is 12.8 Å². The van der Waals surface area contributed by atoms with Gasteiger partial charge in [0.25, 0.3) is 0 Å². The molecule has 0 saturated carbocycles. The van der Waals surface area contributed by atoms with Crippen molar-refractivity contribution in [3.05, 3.63) is 42.5 Å². The first-order valence-electron chi connectivity index (χ1n) is 9.55. The Morgan fingerprint density at radius 1 is 0.897 bits per heavy atom. The van der Waals surface area contributed by atoms with Gasteiger partial charge in [0.1, 0.15) is 0 Å². The zero-order valence-electron chi connectivity index (χ0n) is 16.9. The molecule has 2 aromatic carbocycles. The van der Waals surface area contributed by atoms with Crippen LogP contribution >= 0.6 is 0 Å². The first-order valence-corrected chi connectivity index (χ1v) is 9.55. The normalized spacial score (nSPS) is 16.4. The van der Waals surface area contributed by atoms with E-state index in [1.807, 2.05) is 61.5 Å². The molecular weight excluding hydrogens is 381 g/mol. The molecule has 3 N–H and O–H groups in total. The second-order valence-corrected chi connectivity index (χ2v) is 7.12. The van der Waals surface area contributed by atoms with E-state index >= 15 is 0 Å². The lowest BCUT2D eigenvalue weighted by Gasteiger charge is -2.42. The summed E-state index contributed by atoms with van der Waals surface area (Å²) in [6, 6.07) is 13.7. The highest BCUT2D eigenvalue weighted by Gasteiger charge is 2.56. The fraction of sp³-hybridized carbons (Fsp3) is 0.429. The van der Waals surface area contributed by atoms with Crippen molar-refractivity contribution in [3.63, 3.8) is 0 Å². The highest BCUT2D eigenvalue weighted by atomic mass is 19.4. The Balaban J connectivity index is 1.66. The molecular formula is C21H27F3N4O. The maximum Gasteiger partial charge on any atom is 0.417 e. The van der Waals surface area contributed by atoms with Gasteiger partial charge in [-0.1, -0.05) is 0 Å². The third-order valence-corrected chi connectivity index (χ3v) is 5.56. The summed E-state index contributed by atoms with van der Waals surface area (Å²) in [6.45, 7) is 0.605. The summed E-state index contributed by atoms with van der Waals surface area (Å²) in [7, 11) is 4.88. The standard InChI is InChI=1S/C21H27F3N4O/c1-25-18-9-6-16(14-19(18)26-2)27-15-4-7-17(8-5-15)28-12-10-20(29-3,11-13-28)21(22,23)24/h4-9,14,25-27H,10-13H2,1-3H3. The number of ether oxygens (including phenoxy) is 1. The van der Waals surface area contributed by atoms with E-state index in [9.17, 15) is 13.2 Å². The molecule has 0 radical (unpaired) electrons. The van der Waals surface area contributed by atoms with Gasteiger partial charge in [0.15, 0.2) is 5.60 Å². The van der Waals surface area contributed by atoms with E-state index in [2.05, 4.69) is 16.0 Å². The van der Waals surface area contributed by atoms with Gasteiger partial charge in [-0.05, 0) is 42.5 Å². The first-order chi connectivity index (χ1) is 13.8. The van der Waals surface area contributed by atoms with Crippen LogP contribution in [0.3, 0.4) is 0 Å². The molecule has 0 aliphatic carbocycles. The molecule has 2 aromatic rings. The zero-order chi connectivity index (χ0) is 21.1. The van der Waals surface area contributed by atoms with Crippen LogP contribution < -0.4 is 20.9 Å². The number of halogens is 3. The summed E-state index contributed by atoms with van der Waals surface area (Å²) in [5, 5.41) is 9.62. The van der Waals surface area contributed by atoms with Crippen molar-refractivity contribution >= 4 is 28.4 Å². The minimum absolute atomic E-state index is 0.0718. The Morgan fingerprint density at radius 2 is 1.48 bits per heavy atom. The summed E-state index contributed by atoms with van der Waals surface area (Å²) < 4.78 is 44.9. The lowest BCUT2D eigenvalue weighted by Crippen LogP contribution is -2.54. The maximum atomic E-state index is 13.3. The van der Waals surface area contributed by atoms with E-state index in [1.165, 1.54) is 0 Å². The van der Waals surface area contributed by atoms with Gasteiger partial charge in [0, 0.05) is 64.2 Å². The summed E-state index contributed by atoms with van der Waals surface area (Å²) in [4.78, 5) is 1.97. The molecule has 0 amide bonds. The molecule has 8 heteroatoms. The highest BCUT2D eigenvalue weighted by Crippen LogP contribution is 2.42. The van der Waals surface area contributed by atoms with Crippen LogP contribution in [0, 0.1) is 0 Å². The largest absolute Gasteiger partial charge is 0.417 e. The molecule has 5 nitrogen and oxygen atoms in total. The highest BCUT2D eigenvalue weighted by molar-refractivity contribution is 5.75. The van der Waals surface area contributed by atoms with Gasteiger partial charge in [-0.2, -0.15) is 13.2 Å². The Bertz CT molecular complexity index is 816. The lowest BCUT2D eigenvalue weighted by molar-refractivity contribution is -0.276. The second-order valence-electron chi connectivity index (χ2n) is 7.12. The number of hydrogen-bond acceptors (Lipinski definition) is 5. The number of anilines is 5. The Labute approximate surface area is 169 Å². The Morgan fingerprint density at radius 3 is 2.00 bits per heavy atom. The predicted molar refractivity (Wildman–Crippen MR) is 113 cm³/mol. The van der Waals surface area contributed by atoms with Gasteiger partial charge in [-0.3, -0.25) is 0 Å². The molecule has 0 bridgehead atoms. The molecule has 29 heavy (non-hydrogen) atoms. The zero-order valence-corrected chi connectivity index (χ0v) is 16.9. The topological polar surface area (TPSA) is 48.6 Å². The van der Waals surface area contributed by atoms with Crippen LogP contribution in [-0.2, 0) is 4.74 Å². The number of alkyl halides is 3. The molecule has 1 saturated heterocycles. The number of benzene rings is 2. The molecule has 1 heterocycles. The van der Waals surface area contributed by atoms with Crippen LogP contribution in [0.5, 0.6) is 0 Å². The summed E-state index contributed by atoms with van der Waals surface area (Å²) in [5.41, 5.74) is 2.71. The fourth-order valence-electron chi connectivity index (χ4n) is 3.70. The number of nitrogens with zero attached hydrogens (tertiary/aromatic N) is 1. The van der Waals surface area contributed by atoms with Crippen molar-refractivity contribution in [3.8, 4) is 0 Å². The average Bonchev–Trinajstić information content (AvgIpc) is 2.73. The molecule has 0 unspecified atom stereocenters. The van der Waals surface area contributed by atoms with Crippen molar-refractivity contribution in [1.29, 1.82) is 0 Å². The molecule has 1 aliphatic heterocycles. The molecule has 0 aromatic heterocycles. The van der Waals surface area contributed by atoms with Crippen LogP contribution in [0.25, 0.3) is 0 Å². The Hall–Kier alpha value is -2.61. The van der Waals surface area contributed by atoms with Crippen molar-refractivity contribution < 1.29 is 17.9 Å². The van der Waals surface area contributed by atoms with Gasteiger partial charge in [0.2, 0.25) is 0 Å². The first kappa shape index (κ1) is 21.1. The molecule has 3 rings (SSSR count). The minimum Gasteiger partial charge on any atom is -0.386 e. The fourth-order valence-corrected chi connectivity index (χ4v) is 3.70. The molecule has 0 atom stereocenters. The van der Waals surface area contributed by atoms with E-state index in [0.717, 1.165) is 35.5 Å². The van der Waals surface area contributed by atoms with Crippen LogP contribution in [-0.4, -0.2) is 46.1 Å². The predicted octanol–water partition coefficient (Wildman–Crippen LogP) is 5.06. The van der Waals surface area contributed by atoms with Gasteiger partial charge in [-0.15, -0.1) is 0 Å². The van der Waals surface area contributed by atoms with Gasteiger partial charge >= 0.3 is 6.18 Å². The van der Waals surface area contributed by atoms with Crippen LogP contribution in [0.2, 0.25) is 0 Å². The van der Waals surface area contributed by atoms with Crippen molar-refractivity contribution in [2.45, 2.75) is 24.6 Å². The average molecular weight is 408 g/mol. The van der Waals surface area contributed by atoms with Crippen molar-refractivity contribution in [2.24, 2.45) is 0 Å². The van der Waals surface area contributed by atoms with Crippen LogP contribution in [0.1, 0.15) is 12.8 Å². The van der Waals surface area contributed by atoms with Crippen molar-refractivity contribution in [2.75, 3.05) is 55.1 Å². The van der Waals surface area contributed by atoms with Gasteiger partial charge < -0.3 is 25.6 Å². The molecule has 0 spiro atoms. The summed E-state index contributed by atoms with van der Waals surface area (Å²) in [5.74, 6) is 0. The van der Waals surface area contributed by atoms with E-state index < -0.39 is 11.8 Å². The Kier molecular flexibility index (Phi) is 6.12. The van der Waals surface area contributed by atoms with E-state index in [0.29, 0.717) is 13.1 Å². The smallest absolute Gasteiger partial charge is 0.386 e. The van der Waals surface area contributed by atoms with E-state index in [4.69, 9.17) is 4.74 Å². The number of nitrogens with one attached hydrogen (secondary N) is 3. The third-order valence-electron chi connectivity index (χ3n) is 5.56. The number of hydrogen-bond donors (Lipinski definition) is 3. The quantitative estimate of drug-likeness (QED) is 0.624. The SMILES string of the molecule is CNc1ccc(Nc2ccc(N3CCC(OC)(C(F)(F)F)CC3)cc2)cc1NC. The van der Waals surface area contributed by atoms with E-state index in [1.54, 1.807) is 0 Å². The maximum absolute atomic E-state index is 13.3. The second kappa shape index (κ2) is 8.41. The van der Waals surface area contributed by atoms with Gasteiger partial charge in [0.05, 0.1) is 11.4 Å². The molecule has 1 aliphatic rings. The van der Waals surface area contributed by atoms with Gasteiger partial charge in [-0.25, -0.2) is 0 Å². The third kappa shape index (κ3) is 4.37.